The van der Waals surface area contributed by atoms with E-state index < -0.39 is 0 Å². The van der Waals surface area contributed by atoms with Crippen LogP contribution >= 0.6 is 11.3 Å². The Hall–Kier alpha value is -1.68. The Labute approximate surface area is 123 Å². The molecule has 1 aliphatic rings. The summed E-state index contributed by atoms with van der Waals surface area (Å²) < 4.78 is 10.9. The van der Waals surface area contributed by atoms with E-state index in [9.17, 15) is 0 Å². The summed E-state index contributed by atoms with van der Waals surface area (Å²) in [5.41, 5.74) is 9.90. The SMILES string of the molecule is COc1ccc(OC)c(-c2c(N)sc3c2CCCC3)c1. The molecular weight excluding hydrogens is 270 g/mol. The van der Waals surface area contributed by atoms with Gasteiger partial charge in [-0.05, 0) is 49.4 Å². The van der Waals surface area contributed by atoms with Crippen LogP contribution in [-0.4, -0.2) is 14.2 Å². The number of rotatable bonds is 3. The van der Waals surface area contributed by atoms with Crippen LogP contribution in [0.15, 0.2) is 18.2 Å². The standard InChI is InChI=1S/C16H19NO2S/c1-18-10-7-8-13(19-2)12(9-10)15-11-5-3-4-6-14(11)20-16(15)17/h7-9H,3-6,17H2,1-2H3. The van der Waals surface area contributed by atoms with Gasteiger partial charge in [0.25, 0.3) is 0 Å². The van der Waals surface area contributed by atoms with Crippen molar-refractivity contribution < 1.29 is 9.47 Å². The lowest BCUT2D eigenvalue weighted by Crippen LogP contribution is -2.00. The Morgan fingerprint density at radius 2 is 1.90 bits per heavy atom. The van der Waals surface area contributed by atoms with Crippen molar-refractivity contribution in [2.24, 2.45) is 0 Å². The molecule has 0 radical (unpaired) electrons. The topological polar surface area (TPSA) is 44.5 Å². The van der Waals surface area contributed by atoms with E-state index in [2.05, 4.69) is 0 Å². The van der Waals surface area contributed by atoms with Gasteiger partial charge >= 0.3 is 0 Å². The molecule has 0 fully saturated rings. The quantitative estimate of drug-likeness (QED) is 0.932. The fourth-order valence-electron chi connectivity index (χ4n) is 2.89. The van der Waals surface area contributed by atoms with Crippen molar-refractivity contribution in [3.05, 3.63) is 28.6 Å². The van der Waals surface area contributed by atoms with E-state index >= 15 is 0 Å². The first kappa shape index (κ1) is 13.3. The number of fused-ring (bicyclic) bond motifs is 1. The third kappa shape index (κ3) is 2.14. The predicted octanol–water partition coefficient (Wildman–Crippen LogP) is 3.89. The number of thiophene rings is 1. The third-order valence-corrected chi connectivity index (χ3v) is 5.00. The van der Waals surface area contributed by atoms with Crippen LogP contribution in [0.3, 0.4) is 0 Å². The zero-order chi connectivity index (χ0) is 14.1. The Kier molecular flexibility index (Phi) is 3.57. The van der Waals surface area contributed by atoms with Gasteiger partial charge in [-0.25, -0.2) is 0 Å². The molecule has 1 aliphatic carbocycles. The van der Waals surface area contributed by atoms with Crippen molar-refractivity contribution in [3.63, 3.8) is 0 Å². The number of hydrogen-bond donors (Lipinski definition) is 1. The summed E-state index contributed by atoms with van der Waals surface area (Å²) in [4.78, 5) is 1.44. The molecule has 0 aliphatic heterocycles. The van der Waals surface area contributed by atoms with Gasteiger partial charge in [0.15, 0.2) is 0 Å². The van der Waals surface area contributed by atoms with Crippen LogP contribution in [0.25, 0.3) is 11.1 Å². The van der Waals surface area contributed by atoms with Crippen LogP contribution in [0.4, 0.5) is 5.00 Å². The molecule has 0 spiro atoms. The lowest BCUT2D eigenvalue weighted by atomic mass is 9.92. The molecule has 0 saturated heterocycles. The second-order valence-electron chi connectivity index (χ2n) is 5.02. The van der Waals surface area contributed by atoms with Gasteiger partial charge in [-0.3, -0.25) is 0 Å². The first-order valence-corrected chi connectivity index (χ1v) is 7.68. The summed E-state index contributed by atoms with van der Waals surface area (Å²) in [6.45, 7) is 0. The van der Waals surface area contributed by atoms with Gasteiger partial charge < -0.3 is 15.2 Å². The summed E-state index contributed by atoms with van der Waals surface area (Å²) in [7, 11) is 3.37. The molecule has 3 nitrogen and oxygen atoms in total. The van der Waals surface area contributed by atoms with Gasteiger partial charge in [0.1, 0.15) is 11.5 Å². The lowest BCUT2D eigenvalue weighted by molar-refractivity contribution is 0.404. The van der Waals surface area contributed by atoms with Gasteiger partial charge in [-0.2, -0.15) is 0 Å². The highest BCUT2D eigenvalue weighted by atomic mass is 32.1. The van der Waals surface area contributed by atoms with Gasteiger partial charge in [0.2, 0.25) is 0 Å². The van der Waals surface area contributed by atoms with Crippen LogP contribution in [0.2, 0.25) is 0 Å². The zero-order valence-electron chi connectivity index (χ0n) is 11.9. The zero-order valence-corrected chi connectivity index (χ0v) is 12.7. The van der Waals surface area contributed by atoms with E-state index in [-0.39, 0.29) is 0 Å². The second kappa shape index (κ2) is 5.37. The van der Waals surface area contributed by atoms with E-state index in [0.29, 0.717) is 0 Å². The first-order valence-electron chi connectivity index (χ1n) is 6.87. The molecule has 2 N–H and O–H groups in total. The molecule has 106 valence electrons. The number of aryl methyl sites for hydroxylation is 1. The predicted molar refractivity (Wildman–Crippen MR) is 83.9 cm³/mol. The fourth-order valence-corrected chi connectivity index (χ4v) is 4.07. The Bertz CT molecular complexity index is 634. The van der Waals surface area contributed by atoms with E-state index in [0.717, 1.165) is 40.5 Å². The minimum absolute atomic E-state index is 0.830. The summed E-state index contributed by atoms with van der Waals surface area (Å²) >= 11 is 1.73. The number of methoxy groups -OCH3 is 2. The average molecular weight is 289 g/mol. The summed E-state index contributed by atoms with van der Waals surface area (Å²) in [6, 6.07) is 5.88. The highest BCUT2D eigenvalue weighted by Crippen LogP contribution is 2.46. The summed E-state index contributed by atoms with van der Waals surface area (Å²) in [5.74, 6) is 1.68. The van der Waals surface area contributed by atoms with Crippen molar-refractivity contribution >= 4 is 16.3 Å². The lowest BCUT2D eigenvalue weighted by Gasteiger charge is -2.15. The largest absolute Gasteiger partial charge is 0.497 e. The van der Waals surface area contributed by atoms with Crippen molar-refractivity contribution in [3.8, 4) is 22.6 Å². The highest BCUT2D eigenvalue weighted by molar-refractivity contribution is 7.16. The number of nitrogen functional groups attached to an aromatic ring is 1. The maximum atomic E-state index is 6.29. The monoisotopic (exact) mass is 289 g/mol. The summed E-state index contributed by atoms with van der Waals surface area (Å²) in [5, 5.41) is 0.892. The van der Waals surface area contributed by atoms with Crippen LogP contribution < -0.4 is 15.2 Å². The van der Waals surface area contributed by atoms with Crippen molar-refractivity contribution in [2.75, 3.05) is 20.0 Å². The van der Waals surface area contributed by atoms with Crippen LogP contribution in [-0.2, 0) is 12.8 Å². The van der Waals surface area contributed by atoms with Crippen LogP contribution in [0, 0.1) is 0 Å². The molecule has 4 heteroatoms. The molecule has 0 bridgehead atoms. The van der Waals surface area contributed by atoms with Crippen LogP contribution in [0.5, 0.6) is 11.5 Å². The van der Waals surface area contributed by atoms with Gasteiger partial charge in [-0.15, -0.1) is 11.3 Å². The maximum absolute atomic E-state index is 6.29. The maximum Gasteiger partial charge on any atom is 0.127 e. The first-order chi connectivity index (χ1) is 9.74. The Balaban J connectivity index is 2.19. The molecule has 3 rings (SSSR count). The second-order valence-corrected chi connectivity index (χ2v) is 6.15. The smallest absolute Gasteiger partial charge is 0.127 e. The number of nitrogens with two attached hydrogens (primary N) is 1. The molecule has 20 heavy (non-hydrogen) atoms. The number of benzene rings is 1. The van der Waals surface area contributed by atoms with Gasteiger partial charge in [0.05, 0.1) is 19.2 Å². The van der Waals surface area contributed by atoms with Crippen molar-refractivity contribution in [1.82, 2.24) is 0 Å². The van der Waals surface area contributed by atoms with Gasteiger partial charge in [0, 0.05) is 16.0 Å². The fraction of sp³-hybridized carbons (Fsp3) is 0.375. The number of hydrogen-bond acceptors (Lipinski definition) is 4. The van der Waals surface area contributed by atoms with E-state index in [4.69, 9.17) is 15.2 Å². The minimum atomic E-state index is 0.830. The molecule has 0 saturated carbocycles. The Morgan fingerprint density at radius 3 is 2.65 bits per heavy atom. The minimum Gasteiger partial charge on any atom is -0.497 e. The van der Waals surface area contributed by atoms with Crippen molar-refractivity contribution in [1.29, 1.82) is 0 Å². The third-order valence-electron chi connectivity index (χ3n) is 3.87. The normalized spacial score (nSPS) is 13.9. The summed E-state index contributed by atoms with van der Waals surface area (Å²) in [6.07, 6.45) is 4.76. The van der Waals surface area contributed by atoms with Crippen LogP contribution in [0.1, 0.15) is 23.3 Å². The molecular formula is C16H19NO2S. The molecule has 1 heterocycles. The molecule has 1 aromatic carbocycles. The molecule has 1 aromatic heterocycles. The molecule has 0 amide bonds. The number of anilines is 1. The van der Waals surface area contributed by atoms with E-state index in [1.165, 1.54) is 23.3 Å². The molecule has 0 atom stereocenters. The molecule has 2 aromatic rings. The average Bonchev–Trinajstić information content (AvgIpc) is 2.82. The Morgan fingerprint density at radius 1 is 1.10 bits per heavy atom. The van der Waals surface area contributed by atoms with Gasteiger partial charge in [-0.1, -0.05) is 0 Å². The highest BCUT2D eigenvalue weighted by Gasteiger charge is 2.22. The van der Waals surface area contributed by atoms with Crippen molar-refractivity contribution in [2.45, 2.75) is 25.7 Å². The number of ether oxygens (including phenoxy) is 2. The van der Waals surface area contributed by atoms with E-state index in [1.807, 2.05) is 18.2 Å². The van der Waals surface area contributed by atoms with E-state index in [1.54, 1.807) is 25.6 Å². The molecule has 0 unspecified atom stereocenters.